The number of alkyl halides is 3. The highest BCUT2D eigenvalue weighted by atomic mass is 19.4. The van der Waals surface area contributed by atoms with Gasteiger partial charge in [-0.05, 0) is 30.5 Å². The minimum atomic E-state index is -4.42. The van der Waals surface area contributed by atoms with E-state index in [0.29, 0.717) is 41.2 Å². The topological polar surface area (TPSA) is 81.9 Å². The molecule has 3 aromatic heterocycles. The van der Waals surface area contributed by atoms with Crippen molar-refractivity contribution in [2.24, 2.45) is 5.92 Å². The first kappa shape index (κ1) is 21.5. The second-order valence-corrected chi connectivity index (χ2v) is 7.39. The van der Waals surface area contributed by atoms with Gasteiger partial charge < -0.3 is 10.1 Å². The van der Waals surface area contributed by atoms with Crippen LogP contribution in [0, 0.1) is 12.8 Å². The molecule has 30 heavy (non-hydrogen) atoms. The fraction of sp³-hybridized carbons (Fsp3) is 0.400. The number of aryl methyl sites for hydroxylation is 1. The molecule has 1 N–H and O–H groups in total. The van der Waals surface area contributed by atoms with Gasteiger partial charge in [0.05, 0.1) is 17.4 Å². The first-order valence-corrected chi connectivity index (χ1v) is 9.38. The number of nitrogens with zero attached hydrogens (tertiary/aromatic N) is 4. The fourth-order valence-corrected chi connectivity index (χ4v) is 2.83. The van der Waals surface area contributed by atoms with E-state index in [1.807, 2.05) is 13.8 Å². The van der Waals surface area contributed by atoms with Crippen LogP contribution in [0.1, 0.15) is 35.5 Å². The third-order valence-electron chi connectivity index (χ3n) is 4.17. The Hall–Kier alpha value is -3.17. The molecule has 7 nitrogen and oxygen atoms in total. The molecule has 3 rings (SSSR count). The summed E-state index contributed by atoms with van der Waals surface area (Å²) >= 11 is 0. The van der Waals surface area contributed by atoms with E-state index in [0.717, 1.165) is 5.56 Å². The maximum absolute atomic E-state index is 12.4. The Labute approximate surface area is 171 Å². The van der Waals surface area contributed by atoms with Crippen molar-refractivity contribution in [3.8, 4) is 5.88 Å². The number of ether oxygens (including phenoxy) is 1. The Balaban J connectivity index is 1.77. The van der Waals surface area contributed by atoms with Gasteiger partial charge in [0.1, 0.15) is 5.69 Å². The number of amides is 1. The number of nitrogens with one attached hydrogen (secondary N) is 1. The molecule has 0 bridgehead atoms. The summed E-state index contributed by atoms with van der Waals surface area (Å²) in [5.41, 5.74) is 2.14. The van der Waals surface area contributed by atoms with Gasteiger partial charge in [-0.3, -0.25) is 14.5 Å². The van der Waals surface area contributed by atoms with Gasteiger partial charge in [-0.15, -0.1) is 0 Å². The second kappa shape index (κ2) is 8.68. The SMILES string of the molecule is Cc1cc(Cn2cc3c(C(=O)NCC(C)C)nccc3n2)cnc1OCC(F)(F)F. The summed E-state index contributed by atoms with van der Waals surface area (Å²) in [5, 5.41) is 7.92. The largest absolute Gasteiger partial charge is 0.468 e. The van der Waals surface area contributed by atoms with Crippen LogP contribution in [0.5, 0.6) is 5.88 Å². The standard InChI is InChI=1S/C20H22F3N5O2/c1-12(2)7-25-18(29)17-15-10-28(27-16(15)4-5-24-17)9-14-6-13(3)19(26-8-14)30-11-20(21,22)23/h4-6,8,10,12H,7,9,11H2,1-3H3,(H,25,29). The van der Waals surface area contributed by atoms with E-state index in [-0.39, 0.29) is 11.8 Å². The molecule has 0 aromatic carbocycles. The summed E-state index contributed by atoms with van der Waals surface area (Å²) < 4.78 is 43.3. The highest BCUT2D eigenvalue weighted by Gasteiger charge is 2.29. The van der Waals surface area contributed by atoms with Crippen LogP contribution in [-0.4, -0.2) is 45.0 Å². The number of carbonyl (C=O) groups excluding carboxylic acids is 1. The lowest BCUT2D eigenvalue weighted by atomic mass is 10.2. The van der Waals surface area contributed by atoms with E-state index >= 15 is 0 Å². The van der Waals surface area contributed by atoms with E-state index in [1.165, 1.54) is 12.4 Å². The molecular weight excluding hydrogens is 399 g/mol. The highest BCUT2D eigenvalue weighted by Crippen LogP contribution is 2.21. The first-order chi connectivity index (χ1) is 14.1. The van der Waals surface area contributed by atoms with Crippen molar-refractivity contribution in [2.75, 3.05) is 13.2 Å². The van der Waals surface area contributed by atoms with Crippen LogP contribution in [0.4, 0.5) is 13.2 Å². The summed E-state index contributed by atoms with van der Waals surface area (Å²) in [6.45, 7) is 5.11. The van der Waals surface area contributed by atoms with Crippen LogP contribution in [0.25, 0.3) is 10.9 Å². The molecular formula is C20H22F3N5O2. The zero-order chi connectivity index (χ0) is 21.9. The predicted molar refractivity (Wildman–Crippen MR) is 104 cm³/mol. The normalized spacial score (nSPS) is 11.8. The molecule has 0 radical (unpaired) electrons. The molecule has 0 saturated heterocycles. The van der Waals surface area contributed by atoms with E-state index in [1.54, 1.807) is 29.9 Å². The minimum Gasteiger partial charge on any atom is -0.468 e. The number of aromatic nitrogens is 4. The zero-order valence-electron chi connectivity index (χ0n) is 16.8. The molecule has 1 amide bonds. The van der Waals surface area contributed by atoms with Crippen molar-refractivity contribution < 1.29 is 22.7 Å². The molecule has 0 aliphatic rings. The Morgan fingerprint density at radius 3 is 2.73 bits per heavy atom. The molecule has 0 aliphatic carbocycles. The van der Waals surface area contributed by atoms with Crippen molar-refractivity contribution >= 4 is 16.8 Å². The number of pyridine rings is 2. The van der Waals surface area contributed by atoms with Gasteiger partial charge >= 0.3 is 6.18 Å². The third-order valence-corrected chi connectivity index (χ3v) is 4.17. The van der Waals surface area contributed by atoms with Crippen LogP contribution < -0.4 is 10.1 Å². The lowest BCUT2D eigenvalue weighted by Crippen LogP contribution is -2.28. The van der Waals surface area contributed by atoms with Gasteiger partial charge in [0.25, 0.3) is 5.91 Å². The van der Waals surface area contributed by atoms with Crippen molar-refractivity contribution in [3.63, 3.8) is 0 Å². The van der Waals surface area contributed by atoms with Gasteiger partial charge in [-0.25, -0.2) is 4.98 Å². The molecule has 0 atom stereocenters. The Bertz CT molecular complexity index is 1050. The van der Waals surface area contributed by atoms with Gasteiger partial charge in [0.15, 0.2) is 6.61 Å². The van der Waals surface area contributed by atoms with E-state index in [2.05, 4.69) is 20.4 Å². The number of hydrogen-bond donors (Lipinski definition) is 1. The number of rotatable bonds is 7. The van der Waals surface area contributed by atoms with Crippen LogP contribution in [0.3, 0.4) is 0 Å². The van der Waals surface area contributed by atoms with E-state index in [4.69, 9.17) is 4.74 Å². The summed E-state index contributed by atoms with van der Waals surface area (Å²) in [7, 11) is 0. The summed E-state index contributed by atoms with van der Waals surface area (Å²) in [4.78, 5) is 20.6. The summed E-state index contributed by atoms with van der Waals surface area (Å²) in [6.07, 6.45) is 0.271. The van der Waals surface area contributed by atoms with Crippen molar-refractivity contribution in [1.82, 2.24) is 25.1 Å². The molecule has 0 unspecified atom stereocenters. The number of halogens is 3. The van der Waals surface area contributed by atoms with Gasteiger partial charge in [0, 0.05) is 30.7 Å². The first-order valence-electron chi connectivity index (χ1n) is 9.38. The number of carbonyl (C=O) groups is 1. The third kappa shape index (κ3) is 5.46. The van der Waals surface area contributed by atoms with Crippen molar-refractivity contribution in [2.45, 2.75) is 33.5 Å². The molecule has 3 heterocycles. The number of fused-ring (bicyclic) bond motifs is 1. The smallest absolute Gasteiger partial charge is 0.422 e. The Kier molecular flexibility index (Phi) is 6.23. The van der Waals surface area contributed by atoms with Gasteiger partial charge in [-0.1, -0.05) is 13.8 Å². The summed E-state index contributed by atoms with van der Waals surface area (Å²) in [6, 6.07) is 3.40. The van der Waals surface area contributed by atoms with Crippen LogP contribution in [0.15, 0.2) is 30.7 Å². The Morgan fingerprint density at radius 2 is 2.07 bits per heavy atom. The Morgan fingerprint density at radius 1 is 1.30 bits per heavy atom. The molecule has 0 spiro atoms. The molecule has 10 heteroatoms. The van der Waals surface area contributed by atoms with E-state index < -0.39 is 12.8 Å². The van der Waals surface area contributed by atoms with Crippen molar-refractivity contribution in [3.05, 3.63) is 47.5 Å². The van der Waals surface area contributed by atoms with Gasteiger partial charge in [0.2, 0.25) is 5.88 Å². The second-order valence-electron chi connectivity index (χ2n) is 7.39. The van der Waals surface area contributed by atoms with E-state index in [9.17, 15) is 18.0 Å². The highest BCUT2D eigenvalue weighted by molar-refractivity contribution is 6.04. The fourth-order valence-electron chi connectivity index (χ4n) is 2.83. The van der Waals surface area contributed by atoms with Crippen molar-refractivity contribution in [1.29, 1.82) is 0 Å². The monoisotopic (exact) mass is 421 g/mol. The van der Waals surface area contributed by atoms with Crippen LogP contribution >= 0.6 is 0 Å². The molecule has 3 aromatic rings. The lowest BCUT2D eigenvalue weighted by Gasteiger charge is -2.11. The molecule has 0 fully saturated rings. The quantitative estimate of drug-likeness (QED) is 0.631. The average molecular weight is 421 g/mol. The molecule has 0 aliphatic heterocycles. The lowest BCUT2D eigenvalue weighted by molar-refractivity contribution is -0.154. The van der Waals surface area contributed by atoms with Crippen LogP contribution in [-0.2, 0) is 6.54 Å². The molecule has 0 saturated carbocycles. The molecule has 160 valence electrons. The zero-order valence-corrected chi connectivity index (χ0v) is 16.8. The number of hydrogen-bond acceptors (Lipinski definition) is 5. The maximum atomic E-state index is 12.4. The summed E-state index contributed by atoms with van der Waals surface area (Å²) in [5.74, 6) is -0.0118. The van der Waals surface area contributed by atoms with Crippen LogP contribution in [0.2, 0.25) is 0 Å². The minimum absolute atomic E-state index is 0.0602. The predicted octanol–water partition coefficient (Wildman–Crippen LogP) is 3.51. The maximum Gasteiger partial charge on any atom is 0.422 e. The average Bonchev–Trinajstić information content (AvgIpc) is 3.07. The van der Waals surface area contributed by atoms with Gasteiger partial charge in [-0.2, -0.15) is 18.3 Å².